The lowest BCUT2D eigenvalue weighted by Gasteiger charge is -2.27. The van der Waals surface area contributed by atoms with Gasteiger partial charge in [0.25, 0.3) is 0 Å². The molecule has 0 atom stereocenters. The van der Waals surface area contributed by atoms with Crippen molar-refractivity contribution in [1.82, 2.24) is 14.1 Å². The quantitative estimate of drug-likeness (QED) is 0.166. The number of hydrogen-bond donors (Lipinski definition) is 0. The zero-order chi connectivity index (χ0) is 60.5. The summed E-state index contributed by atoms with van der Waals surface area (Å²) in [6, 6.07) is 69.4. The molecule has 1 aliphatic rings. The van der Waals surface area contributed by atoms with Crippen LogP contribution in [0, 0.1) is 0 Å². The molecule has 13 rings (SSSR count). The number of para-hydroxylation sites is 2. The van der Waals surface area contributed by atoms with Gasteiger partial charge >= 0.3 is 0 Å². The SMILES string of the molecule is [2H]C([2H])([2H])C(c1cc(-c2cc(-c3ccccc3)cc3c4ccccc4c4ccccc4c4cccc5c4n(c23)CN5c2cccc(Oc3ccc4c5ccccc5n(-c5cc(C(C)(C)C)ccn5)c4c3)c2)cc(C(C)(C)C)c1)(C([2H])([2H])[2H])C([2H])([2H])[2H]. The van der Waals surface area contributed by atoms with Gasteiger partial charge in [0, 0.05) is 63.5 Å². The molecular formula is C72H64N4O. The van der Waals surface area contributed by atoms with Crippen molar-refractivity contribution in [1.29, 1.82) is 0 Å². The van der Waals surface area contributed by atoms with Crippen LogP contribution in [0.3, 0.4) is 0 Å². The molecule has 0 saturated heterocycles. The zero-order valence-corrected chi connectivity index (χ0v) is 44.1. The van der Waals surface area contributed by atoms with E-state index in [1.807, 2.05) is 93.7 Å². The van der Waals surface area contributed by atoms with E-state index in [-0.39, 0.29) is 17.6 Å². The van der Waals surface area contributed by atoms with Gasteiger partial charge in [-0.25, -0.2) is 4.98 Å². The minimum absolute atomic E-state index is 0.0856. The highest BCUT2D eigenvalue weighted by molar-refractivity contribution is 6.22. The molecule has 4 heterocycles. The summed E-state index contributed by atoms with van der Waals surface area (Å²) in [5.74, 6) is 2.09. The van der Waals surface area contributed by atoms with Crippen LogP contribution in [0.5, 0.6) is 11.5 Å². The van der Waals surface area contributed by atoms with Crippen LogP contribution in [0.1, 0.15) is 91.1 Å². The van der Waals surface area contributed by atoms with Crippen LogP contribution in [-0.2, 0) is 22.9 Å². The molecule has 0 N–H and O–H groups in total. The van der Waals surface area contributed by atoms with E-state index in [0.717, 1.165) is 93.5 Å². The van der Waals surface area contributed by atoms with Crippen LogP contribution in [-0.4, -0.2) is 14.1 Å². The number of ether oxygens (including phenoxy) is 1. The molecule has 0 aliphatic carbocycles. The van der Waals surface area contributed by atoms with Gasteiger partial charge in [-0.1, -0.05) is 196 Å². The van der Waals surface area contributed by atoms with E-state index in [9.17, 15) is 0 Å². The van der Waals surface area contributed by atoms with Crippen molar-refractivity contribution >= 4 is 76.5 Å². The van der Waals surface area contributed by atoms with Crippen LogP contribution in [0.25, 0.3) is 93.2 Å². The van der Waals surface area contributed by atoms with Crippen molar-refractivity contribution in [2.75, 3.05) is 4.90 Å². The fourth-order valence-corrected chi connectivity index (χ4v) is 11.5. The first-order chi connectivity index (χ1) is 40.8. The first-order valence-corrected chi connectivity index (χ1v) is 26.4. The molecule has 0 amide bonds. The van der Waals surface area contributed by atoms with Crippen LogP contribution < -0.4 is 9.64 Å². The van der Waals surface area contributed by atoms with E-state index in [2.05, 4.69) is 162 Å². The molecule has 0 bridgehead atoms. The molecule has 9 aromatic carbocycles. The molecule has 0 unspecified atom stereocenters. The van der Waals surface area contributed by atoms with Gasteiger partial charge in [-0.05, 0) is 132 Å². The van der Waals surface area contributed by atoms with Gasteiger partial charge in [0.2, 0.25) is 0 Å². The van der Waals surface area contributed by atoms with Crippen LogP contribution in [0.4, 0.5) is 11.4 Å². The average molecular weight is 1010 g/mol. The van der Waals surface area contributed by atoms with E-state index in [1.165, 1.54) is 17.7 Å². The van der Waals surface area contributed by atoms with E-state index in [1.54, 1.807) is 0 Å². The first-order valence-electron chi connectivity index (χ1n) is 30.9. The van der Waals surface area contributed by atoms with Crippen molar-refractivity contribution < 1.29 is 17.1 Å². The highest BCUT2D eigenvalue weighted by Crippen LogP contribution is 2.47. The van der Waals surface area contributed by atoms with Gasteiger partial charge in [0.05, 0.1) is 27.8 Å². The summed E-state index contributed by atoms with van der Waals surface area (Å²) < 4.78 is 91.9. The number of anilines is 2. The number of fused-ring (bicyclic) bond motifs is 10. The summed E-state index contributed by atoms with van der Waals surface area (Å²) in [6.45, 7) is 2.30. The third-order valence-electron chi connectivity index (χ3n) is 15.5. The molecule has 1 aliphatic heterocycles. The largest absolute Gasteiger partial charge is 0.457 e. The summed E-state index contributed by atoms with van der Waals surface area (Å²) in [5.41, 5.74) is 5.72. The summed E-state index contributed by atoms with van der Waals surface area (Å²) in [7, 11) is 0. The zero-order valence-electron chi connectivity index (χ0n) is 53.1. The normalized spacial score (nSPS) is 15.1. The highest BCUT2D eigenvalue weighted by Gasteiger charge is 2.28. The van der Waals surface area contributed by atoms with Crippen molar-refractivity contribution in [2.45, 2.75) is 85.0 Å². The van der Waals surface area contributed by atoms with Gasteiger partial charge in [0.15, 0.2) is 0 Å². The number of aromatic nitrogens is 3. The Morgan fingerprint density at radius 2 is 1.04 bits per heavy atom. The number of nitrogens with zero attached hydrogens (tertiary/aromatic N) is 4. The Morgan fingerprint density at radius 1 is 0.429 bits per heavy atom. The second-order valence-electron chi connectivity index (χ2n) is 22.6. The fourth-order valence-electron chi connectivity index (χ4n) is 11.5. The van der Waals surface area contributed by atoms with Crippen LogP contribution in [0.2, 0.25) is 0 Å². The van der Waals surface area contributed by atoms with E-state index in [0.29, 0.717) is 28.2 Å². The maximum Gasteiger partial charge on any atom is 0.137 e. The summed E-state index contributed by atoms with van der Waals surface area (Å²) >= 11 is 0. The summed E-state index contributed by atoms with van der Waals surface area (Å²) in [5, 5.41) is 7.97. The molecule has 3 aromatic heterocycles. The highest BCUT2D eigenvalue weighted by atomic mass is 16.5. The maximum absolute atomic E-state index is 8.94. The second-order valence-corrected chi connectivity index (χ2v) is 22.6. The number of rotatable bonds is 6. The molecule has 77 heavy (non-hydrogen) atoms. The number of hydrogen-bond acceptors (Lipinski definition) is 3. The Labute approximate surface area is 464 Å². The minimum Gasteiger partial charge on any atom is -0.457 e. The van der Waals surface area contributed by atoms with E-state index < -0.39 is 31.4 Å². The van der Waals surface area contributed by atoms with Gasteiger partial charge in [-0.15, -0.1) is 0 Å². The lowest BCUT2D eigenvalue weighted by Crippen LogP contribution is -2.17. The number of benzene rings is 9. The Morgan fingerprint density at radius 3 is 1.75 bits per heavy atom. The summed E-state index contributed by atoms with van der Waals surface area (Å²) in [6.07, 6.45) is 1.88. The third-order valence-corrected chi connectivity index (χ3v) is 15.5. The van der Waals surface area contributed by atoms with Gasteiger partial charge in [-0.2, -0.15) is 0 Å². The van der Waals surface area contributed by atoms with E-state index >= 15 is 0 Å². The molecule has 5 heteroatoms. The predicted molar refractivity (Wildman–Crippen MR) is 326 cm³/mol. The monoisotopic (exact) mass is 1010 g/mol. The molecule has 0 spiro atoms. The average Bonchev–Trinajstić information content (AvgIpc) is 0.829. The topological polar surface area (TPSA) is 35.2 Å². The van der Waals surface area contributed by atoms with E-state index in [4.69, 9.17) is 22.1 Å². The molecule has 5 nitrogen and oxygen atoms in total. The van der Waals surface area contributed by atoms with Crippen LogP contribution >= 0.6 is 0 Å². The number of pyridine rings is 1. The van der Waals surface area contributed by atoms with Crippen molar-refractivity contribution in [3.8, 4) is 39.6 Å². The second kappa shape index (κ2) is 18.0. The first kappa shape index (κ1) is 38.8. The minimum atomic E-state index is -3.50. The molecular weight excluding hydrogens is 937 g/mol. The fraction of sp³-hybridized carbons (Fsp3) is 0.181. The Balaban J connectivity index is 1.08. The Hall–Kier alpha value is -8.67. The maximum atomic E-state index is 8.94. The Bertz CT molecular complexity index is 4730. The van der Waals surface area contributed by atoms with Gasteiger partial charge < -0.3 is 14.2 Å². The van der Waals surface area contributed by atoms with Gasteiger partial charge in [-0.3, -0.25) is 4.57 Å². The molecule has 0 fully saturated rings. The molecule has 378 valence electrons. The van der Waals surface area contributed by atoms with Crippen LogP contribution in [0.15, 0.2) is 212 Å². The third kappa shape index (κ3) is 8.37. The van der Waals surface area contributed by atoms with Crippen molar-refractivity contribution in [2.24, 2.45) is 0 Å². The smallest absolute Gasteiger partial charge is 0.137 e. The lowest BCUT2D eigenvalue weighted by atomic mass is 9.78. The van der Waals surface area contributed by atoms with Crippen molar-refractivity contribution in [3.63, 3.8) is 0 Å². The summed E-state index contributed by atoms with van der Waals surface area (Å²) in [4.78, 5) is 7.18. The molecule has 0 radical (unpaired) electrons. The molecule has 0 saturated carbocycles. The lowest BCUT2D eigenvalue weighted by molar-refractivity contribution is 0.483. The standard InChI is InChI=1S/C72H64N4O/c1-70(2,3)49-35-36-73-67(42-49)76-64-31-18-17-29-59(64)60-34-33-54(44-66(60)76)77-53-24-19-23-52(43-53)74-45-75-68-62(48-37-50(71(4,5)6)41-51(38-48)72(7,8)9)39-47(46-21-11-10-12-22-46)40-63(68)58-28-16-14-26-56(58)55-25-13-15-27-57(55)61-30-20-32-65(74)69(61)75/h10-44H,45H2,1-9H3/i4D3,5D3,6D3. The van der Waals surface area contributed by atoms with Crippen molar-refractivity contribution in [3.05, 3.63) is 229 Å². The Kier molecular flexibility index (Phi) is 9.07. The predicted octanol–water partition coefficient (Wildman–Crippen LogP) is 19.8. The van der Waals surface area contributed by atoms with Gasteiger partial charge in [0.1, 0.15) is 24.0 Å². The molecule has 12 aromatic rings.